The van der Waals surface area contributed by atoms with Gasteiger partial charge in [0.15, 0.2) is 4.67 Å². The second kappa shape index (κ2) is 4.70. The third-order valence-electron chi connectivity index (χ3n) is 2.27. The van der Waals surface area contributed by atoms with E-state index in [-0.39, 0.29) is 5.82 Å². The topological polar surface area (TPSA) is 25.2 Å². The fourth-order valence-electron chi connectivity index (χ4n) is 1.34. The van der Waals surface area contributed by atoms with Crippen LogP contribution in [0.1, 0.15) is 11.3 Å². The van der Waals surface area contributed by atoms with Crippen molar-refractivity contribution in [3.05, 3.63) is 52.1 Å². The molecule has 2 rings (SSSR count). The van der Waals surface area contributed by atoms with Gasteiger partial charge in [0.25, 0.3) is 0 Å². The van der Waals surface area contributed by atoms with Crippen LogP contribution in [0.15, 0.2) is 39.4 Å². The molecule has 0 saturated carbocycles. The Morgan fingerprint density at radius 1 is 1.31 bits per heavy atom. The van der Waals surface area contributed by atoms with Crippen molar-refractivity contribution < 1.29 is 8.81 Å². The van der Waals surface area contributed by atoms with E-state index in [0.717, 1.165) is 11.4 Å². The highest BCUT2D eigenvalue weighted by atomic mass is 79.9. The molecule has 0 spiro atoms. The van der Waals surface area contributed by atoms with Gasteiger partial charge in [0.05, 0.1) is 6.54 Å². The van der Waals surface area contributed by atoms with Crippen LogP contribution in [0.25, 0.3) is 0 Å². The molecule has 0 aliphatic heterocycles. The van der Waals surface area contributed by atoms with Crippen molar-refractivity contribution >= 4 is 21.6 Å². The van der Waals surface area contributed by atoms with Crippen molar-refractivity contribution in [2.75, 3.05) is 5.32 Å². The molecule has 0 saturated heterocycles. The molecule has 0 unspecified atom stereocenters. The zero-order valence-electron chi connectivity index (χ0n) is 8.76. The Morgan fingerprint density at radius 2 is 2.12 bits per heavy atom. The van der Waals surface area contributed by atoms with Crippen LogP contribution in [-0.4, -0.2) is 0 Å². The van der Waals surface area contributed by atoms with E-state index >= 15 is 0 Å². The monoisotopic (exact) mass is 283 g/mol. The van der Waals surface area contributed by atoms with Gasteiger partial charge in [0, 0.05) is 5.69 Å². The fraction of sp³-hybridized carbons (Fsp3) is 0.167. The lowest BCUT2D eigenvalue weighted by molar-refractivity contribution is 0.495. The molecule has 2 aromatic rings. The summed E-state index contributed by atoms with van der Waals surface area (Å²) in [6, 6.07) is 8.76. The number of halogens is 2. The molecule has 4 heteroatoms. The highest BCUT2D eigenvalue weighted by Crippen LogP contribution is 2.17. The summed E-state index contributed by atoms with van der Waals surface area (Å²) in [5, 5.41) is 3.09. The zero-order chi connectivity index (χ0) is 11.5. The van der Waals surface area contributed by atoms with Gasteiger partial charge in [-0.25, -0.2) is 4.39 Å². The van der Waals surface area contributed by atoms with Gasteiger partial charge in [0.1, 0.15) is 11.6 Å². The van der Waals surface area contributed by atoms with Crippen LogP contribution in [0.4, 0.5) is 10.1 Å². The van der Waals surface area contributed by atoms with Crippen molar-refractivity contribution in [3.63, 3.8) is 0 Å². The third kappa shape index (κ3) is 2.64. The largest absolute Gasteiger partial charge is 0.452 e. The molecular formula is C12H11BrFNO. The normalized spacial score (nSPS) is 10.4. The van der Waals surface area contributed by atoms with Gasteiger partial charge < -0.3 is 9.73 Å². The second-order valence-corrected chi connectivity index (χ2v) is 4.30. The average molecular weight is 284 g/mol. The van der Waals surface area contributed by atoms with Crippen molar-refractivity contribution in [2.24, 2.45) is 0 Å². The Kier molecular flexibility index (Phi) is 3.29. The summed E-state index contributed by atoms with van der Waals surface area (Å²) in [6.45, 7) is 2.27. The molecule has 2 nitrogen and oxygen atoms in total. The molecule has 0 radical (unpaired) electrons. The van der Waals surface area contributed by atoms with E-state index in [1.807, 2.05) is 18.2 Å². The number of aryl methyl sites for hydroxylation is 1. The van der Waals surface area contributed by atoms with Crippen LogP contribution in [0.2, 0.25) is 0 Å². The van der Waals surface area contributed by atoms with Crippen LogP contribution >= 0.6 is 15.9 Å². The Balaban J connectivity index is 2.02. The predicted molar refractivity (Wildman–Crippen MR) is 64.9 cm³/mol. The maximum absolute atomic E-state index is 13.2. The minimum absolute atomic E-state index is 0.203. The molecule has 84 valence electrons. The van der Waals surface area contributed by atoms with Crippen molar-refractivity contribution in [1.29, 1.82) is 0 Å². The summed E-state index contributed by atoms with van der Waals surface area (Å²) in [5.74, 6) is 0.596. The number of hydrogen-bond donors (Lipinski definition) is 1. The summed E-state index contributed by atoms with van der Waals surface area (Å²) >= 11 is 3.23. The number of rotatable bonds is 3. The first kappa shape index (κ1) is 11.2. The summed E-state index contributed by atoms with van der Waals surface area (Å²) in [5.41, 5.74) is 1.39. The Morgan fingerprint density at radius 3 is 2.75 bits per heavy atom. The smallest absolute Gasteiger partial charge is 0.169 e. The number of furan rings is 1. The van der Waals surface area contributed by atoms with Crippen LogP contribution in [0.3, 0.4) is 0 Å². The van der Waals surface area contributed by atoms with Crippen molar-refractivity contribution in [3.8, 4) is 0 Å². The van der Waals surface area contributed by atoms with E-state index in [2.05, 4.69) is 21.2 Å². The highest BCUT2D eigenvalue weighted by Gasteiger charge is 2.01. The summed E-state index contributed by atoms with van der Waals surface area (Å²) in [6.07, 6.45) is 0. The van der Waals surface area contributed by atoms with E-state index in [1.54, 1.807) is 13.0 Å². The molecule has 0 aliphatic carbocycles. The number of nitrogens with one attached hydrogen (secondary N) is 1. The van der Waals surface area contributed by atoms with Crippen LogP contribution in [0.5, 0.6) is 0 Å². The van der Waals surface area contributed by atoms with Crippen LogP contribution < -0.4 is 5.32 Å². The molecule has 0 atom stereocenters. The molecule has 16 heavy (non-hydrogen) atoms. The second-order valence-electron chi connectivity index (χ2n) is 3.52. The molecule has 0 amide bonds. The highest BCUT2D eigenvalue weighted by molar-refractivity contribution is 9.10. The maximum atomic E-state index is 13.2. The molecular weight excluding hydrogens is 273 g/mol. The van der Waals surface area contributed by atoms with E-state index in [1.165, 1.54) is 6.07 Å². The summed E-state index contributed by atoms with van der Waals surface area (Å²) < 4.78 is 19.3. The maximum Gasteiger partial charge on any atom is 0.169 e. The number of benzene rings is 1. The fourth-order valence-corrected chi connectivity index (χ4v) is 1.68. The molecule has 1 aromatic heterocycles. The first-order chi connectivity index (χ1) is 7.65. The lowest BCUT2D eigenvalue weighted by Crippen LogP contribution is -1.98. The minimum atomic E-state index is -0.203. The Hall–Kier alpha value is -1.29. The lowest BCUT2D eigenvalue weighted by atomic mass is 10.2. The van der Waals surface area contributed by atoms with Crippen LogP contribution in [-0.2, 0) is 6.54 Å². The number of hydrogen-bond acceptors (Lipinski definition) is 2. The first-order valence-corrected chi connectivity index (χ1v) is 5.69. The molecule has 0 aliphatic rings. The average Bonchev–Trinajstić information content (AvgIpc) is 2.66. The van der Waals surface area contributed by atoms with Gasteiger partial charge in [0.2, 0.25) is 0 Å². The van der Waals surface area contributed by atoms with Crippen LogP contribution in [0, 0.1) is 12.7 Å². The first-order valence-electron chi connectivity index (χ1n) is 4.89. The van der Waals surface area contributed by atoms with E-state index in [4.69, 9.17) is 4.42 Å². The molecule has 1 N–H and O–H groups in total. The van der Waals surface area contributed by atoms with E-state index in [9.17, 15) is 4.39 Å². The molecule has 1 heterocycles. The third-order valence-corrected chi connectivity index (χ3v) is 2.69. The van der Waals surface area contributed by atoms with Crippen molar-refractivity contribution in [2.45, 2.75) is 13.5 Å². The summed E-state index contributed by atoms with van der Waals surface area (Å²) in [7, 11) is 0. The SMILES string of the molecule is Cc1ccc(NCc2ccc(Br)o2)cc1F. The van der Waals surface area contributed by atoms with E-state index in [0.29, 0.717) is 16.8 Å². The molecule has 1 aromatic carbocycles. The quantitative estimate of drug-likeness (QED) is 0.917. The van der Waals surface area contributed by atoms with Gasteiger partial charge in [-0.15, -0.1) is 0 Å². The van der Waals surface area contributed by atoms with Crippen molar-refractivity contribution in [1.82, 2.24) is 0 Å². The number of anilines is 1. The molecule has 0 bridgehead atoms. The Bertz CT molecular complexity index is 496. The van der Waals surface area contributed by atoms with Gasteiger partial charge in [-0.2, -0.15) is 0 Å². The van der Waals surface area contributed by atoms with Gasteiger partial charge in [-0.05, 0) is 52.7 Å². The summed E-state index contributed by atoms with van der Waals surface area (Å²) in [4.78, 5) is 0. The standard InChI is InChI=1S/C12H11BrFNO/c1-8-2-3-9(6-11(8)14)15-7-10-4-5-12(13)16-10/h2-6,15H,7H2,1H3. The van der Waals surface area contributed by atoms with Gasteiger partial charge in [-0.3, -0.25) is 0 Å². The van der Waals surface area contributed by atoms with Gasteiger partial charge in [-0.1, -0.05) is 6.07 Å². The zero-order valence-corrected chi connectivity index (χ0v) is 10.3. The van der Waals surface area contributed by atoms with E-state index < -0.39 is 0 Å². The lowest BCUT2D eigenvalue weighted by Gasteiger charge is -2.05. The van der Waals surface area contributed by atoms with Gasteiger partial charge >= 0.3 is 0 Å². The predicted octanol–water partition coefficient (Wildman–Crippen LogP) is 4.10. The molecule has 0 fully saturated rings. The minimum Gasteiger partial charge on any atom is -0.452 e. The Labute approximate surface area is 102 Å².